The molecular weight excluding hydrogens is 536 g/mol. The second-order valence-electron chi connectivity index (χ2n) is 8.77. The Kier molecular flexibility index (Phi) is 17.9. The van der Waals surface area contributed by atoms with Gasteiger partial charge in [0.15, 0.2) is 12.6 Å². The highest BCUT2D eigenvalue weighted by atomic mass is 16.7. The van der Waals surface area contributed by atoms with Gasteiger partial charge in [0.1, 0.15) is 61.0 Å². The summed E-state index contributed by atoms with van der Waals surface area (Å²) in [5.41, 5.74) is 10.4. The van der Waals surface area contributed by atoms with Crippen LogP contribution in [0.15, 0.2) is 0 Å². The van der Waals surface area contributed by atoms with Gasteiger partial charge in [-0.25, -0.2) is 4.79 Å². The molecule has 0 aromatic carbocycles. The Hall–Kier alpha value is -1.62. The van der Waals surface area contributed by atoms with E-state index in [0.717, 1.165) is 12.8 Å². The molecule has 0 radical (unpaired) electrons. The van der Waals surface area contributed by atoms with Crippen LogP contribution in [0.2, 0.25) is 0 Å². The normalized spacial score (nSPS) is 35.9. The summed E-state index contributed by atoms with van der Waals surface area (Å²) in [5, 5.41) is 101. The molecule has 2 saturated heterocycles. The first-order chi connectivity index (χ1) is 18.1. The molecule has 2 heterocycles. The highest BCUT2D eigenvalue weighted by Crippen LogP contribution is 2.28. The van der Waals surface area contributed by atoms with Crippen LogP contribution in [0, 0.1) is 0 Å². The zero-order valence-corrected chi connectivity index (χ0v) is 21.3. The van der Waals surface area contributed by atoms with Crippen LogP contribution in [0.1, 0.15) is 26.2 Å². The van der Waals surface area contributed by atoms with Gasteiger partial charge in [-0.05, 0) is 26.3 Å². The number of hydrogen-bond acceptors (Lipinski definition) is 16. The van der Waals surface area contributed by atoms with Crippen LogP contribution >= 0.6 is 0 Å². The van der Waals surface area contributed by atoms with Crippen molar-refractivity contribution in [2.24, 2.45) is 11.5 Å². The molecule has 0 aromatic heterocycles. The molecule has 232 valence electrons. The molecule has 15 N–H and O–H groups in total. The molecule has 0 saturated carbocycles. The highest BCUT2D eigenvalue weighted by molar-refractivity contribution is 5.72. The third-order valence-corrected chi connectivity index (χ3v) is 5.62. The number of aliphatic carboxylic acids is 2. The van der Waals surface area contributed by atoms with E-state index in [4.69, 9.17) is 46.1 Å². The third kappa shape index (κ3) is 12.2. The van der Waals surface area contributed by atoms with E-state index in [9.17, 15) is 45.3 Å². The summed E-state index contributed by atoms with van der Waals surface area (Å²) >= 11 is 0. The lowest BCUT2D eigenvalue weighted by Gasteiger charge is -2.45. The first-order valence-electron chi connectivity index (χ1n) is 12.0. The Bertz CT molecular complexity index is 699. The van der Waals surface area contributed by atoms with Crippen LogP contribution in [0.5, 0.6) is 0 Å². The highest BCUT2D eigenvalue weighted by Gasteiger charge is 2.50. The number of aliphatic hydroxyl groups excluding tert-OH is 9. The molecule has 18 heteroatoms. The minimum Gasteiger partial charge on any atom is -0.480 e. The van der Waals surface area contributed by atoms with Crippen molar-refractivity contribution in [2.45, 2.75) is 99.7 Å². The van der Waals surface area contributed by atoms with E-state index < -0.39 is 98.7 Å². The summed E-state index contributed by atoms with van der Waals surface area (Å²) in [7, 11) is 0. The molecule has 2 fully saturated rings. The van der Waals surface area contributed by atoms with E-state index in [1.54, 1.807) is 0 Å². The number of unbranched alkanes of at least 4 members (excludes halogenated alkanes) is 1. The summed E-state index contributed by atoms with van der Waals surface area (Å²) in [6.45, 7) is 0.455. The number of hydrogen-bond donors (Lipinski definition) is 13. The Morgan fingerprint density at radius 2 is 1.36 bits per heavy atom. The van der Waals surface area contributed by atoms with E-state index in [1.165, 1.54) is 6.92 Å². The summed E-state index contributed by atoms with van der Waals surface area (Å²) in [5.74, 6) is -2.12. The lowest BCUT2D eigenvalue weighted by Crippen LogP contribution is -2.64. The van der Waals surface area contributed by atoms with E-state index in [0.29, 0.717) is 13.0 Å². The van der Waals surface area contributed by atoms with Crippen molar-refractivity contribution >= 4 is 11.9 Å². The maximum atomic E-state index is 10.1. The van der Waals surface area contributed by atoms with Gasteiger partial charge in [0.05, 0.1) is 13.2 Å². The fraction of sp³-hybridized carbons (Fsp3) is 0.905. The van der Waals surface area contributed by atoms with Crippen molar-refractivity contribution in [3.8, 4) is 0 Å². The zero-order chi connectivity index (χ0) is 30.4. The number of nitrogens with two attached hydrogens (primary N) is 2. The molecule has 0 amide bonds. The average molecular weight is 579 g/mol. The standard InChI is InChI=1S/C12H22O11.C6H14N2O2.C3H6O3/c13-1-3-5(15)6(16)9(19)12(22-3)23-10-4(2-14)21-11(20)8(18)7(10)17;7-4-2-1-3-5(8)6(9)10;1-2(4)3(5)6/h3-20H,1-2H2;5H,1-4,7-8H2,(H,9,10);2,4H,1H3,(H,5,6)/t3-,4-,5+,6+,7-,8-,9-,10-,11?,12+;5-;/m10./s1. The molecule has 18 nitrogen and oxygen atoms in total. The van der Waals surface area contributed by atoms with Gasteiger partial charge in [-0.1, -0.05) is 6.42 Å². The first kappa shape index (κ1) is 37.4. The van der Waals surface area contributed by atoms with Gasteiger partial charge in [0.2, 0.25) is 0 Å². The molecular formula is C21H42N2O16. The lowest BCUT2D eigenvalue weighted by molar-refractivity contribution is -0.355. The second kappa shape index (κ2) is 18.7. The predicted octanol–water partition coefficient (Wildman–Crippen LogP) is -6.42. The predicted molar refractivity (Wildman–Crippen MR) is 126 cm³/mol. The van der Waals surface area contributed by atoms with Crippen LogP contribution in [0.25, 0.3) is 0 Å². The van der Waals surface area contributed by atoms with Gasteiger partial charge >= 0.3 is 11.9 Å². The SMILES string of the molecule is CC(O)C(=O)O.NCCCC[C@H](N)C(=O)O.OC[C@H]1O[C@@H](O[C@H]2[C@H](O)[C@@H](O)C(O)O[C@@H]2CO)[C@H](O)[C@@H](O)[C@H]1O. The number of carbonyl (C=O) groups is 2. The summed E-state index contributed by atoms with van der Waals surface area (Å²) in [6, 6.07) is -0.716. The molecule has 39 heavy (non-hydrogen) atoms. The number of carboxylic acid groups (broad SMARTS) is 2. The molecule has 0 aromatic rings. The first-order valence-corrected chi connectivity index (χ1v) is 12.0. The third-order valence-electron chi connectivity index (χ3n) is 5.62. The molecule has 2 unspecified atom stereocenters. The molecule has 0 bridgehead atoms. The largest absolute Gasteiger partial charge is 0.480 e. The number of carboxylic acids is 2. The minimum atomic E-state index is -1.74. The molecule has 2 aliphatic rings. The minimum absolute atomic E-state index is 0.520. The second-order valence-corrected chi connectivity index (χ2v) is 8.77. The topological polar surface area (TPSA) is 336 Å². The quantitative estimate of drug-likeness (QED) is 0.107. The van der Waals surface area contributed by atoms with Crippen LogP contribution in [-0.4, -0.2) is 161 Å². The Labute approximate surface area is 223 Å². The van der Waals surface area contributed by atoms with Crippen LogP contribution in [0.3, 0.4) is 0 Å². The summed E-state index contributed by atoms with van der Waals surface area (Å²) in [6.07, 6.45) is -14.6. The van der Waals surface area contributed by atoms with E-state index in [-0.39, 0.29) is 0 Å². The zero-order valence-electron chi connectivity index (χ0n) is 21.3. The van der Waals surface area contributed by atoms with Gasteiger partial charge < -0.3 is 81.8 Å². The van der Waals surface area contributed by atoms with Crippen molar-refractivity contribution in [3.05, 3.63) is 0 Å². The Morgan fingerprint density at radius 3 is 1.79 bits per heavy atom. The monoisotopic (exact) mass is 578 g/mol. The maximum Gasteiger partial charge on any atom is 0.332 e. The Morgan fingerprint density at radius 1 is 0.821 bits per heavy atom. The molecule has 2 aliphatic heterocycles. The van der Waals surface area contributed by atoms with Crippen LogP contribution in [0.4, 0.5) is 0 Å². The summed E-state index contributed by atoms with van der Waals surface area (Å²) in [4.78, 5) is 19.6. The number of ether oxygens (including phenoxy) is 3. The van der Waals surface area contributed by atoms with Crippen molar-refractivity contribution in [1.82, 2.24) is 0 Å². The van der Waals surface area contributed by atoms with Crippen LogP contribution < -0.4 is 11.5 Å². The van der Waals surface area contributed by atoms with E-state index in [2.05, 4.69) is 0 Å². The summed E-state index contributed by atoms with van der Waals surface area (Å²) < 4.78 is 15.3. The van der Waals surface area contributed by atoms with Crippen molar-refractivity contribution in [1.29, 1.82) is 0 Å². The smallest absolute Gasteiger partial charge is 0.332 e. The fourth-order valence-electron chi connectivity index (χ4n) is 3.20. The fourth-order valence-corrected chi connectivity index (χ4v) is 3.20. The van der Waals surface area contributed by atoms with Gasteiger partial charge in [-0.15, -0.1) is 0 Å². The van der Waals surface area contributed by atoms with Gasteiger partial charge in [0, 0.05) is 0 Å². The maximum absolute atomic E-state index is 10.1. The average Bonchev–Trinajstić information content (AvgIpc) is 2.89. The van der Waals surface area contributed by atoms with E-state index >= 15 is 0 Å². The van der Waals surface area contributed by atoms with Crippen molar-refractivity contribution in [3.63, 3.8) is 0 Å². The van der Waals surface area contributed by atoms with Gasteiger partial charge in [0.25, 0.3) is 0 Å². The molecule has 12 atom stereocenters. The molecule has 0 spiro atoms. The van der Waals surface area contributed by atoms with E-state index in [1.807, 2.05) is 0 Å². The van der Waals surface area contributed by atoms with Gasteiger partial charge in [-0.2, -0.15) is 0 Å². The number of aliphatic hydroxyl groups is 9. The number of rotatable bonds is 10. The van der Waals surface area contributed by atoms with Crippen LogP contribution in [-0.2, 0) is 23.8 Å². The molecule has 2 rings (SSSR count). The van der Waals surface area contributed by atoms with Gasteiger partial charge in [-0.3, -0.25) is 4.79 Å². The Balaban J connectivity index is 0.000000746. The lowest BCUT2D eigenvalue weighted by atomic mass is 9.97. The molecule has 0 aliphatic carbocycles. The van der Waals surface area contributed by atoms with Crippen molar-refractivity contribution in [2.75, 3.05) is 19.8 Å². The van der Waals surface area contributed by atoms with Crippen molar-refractivity contribution < 1.29 is 80.0 Å².